The molecule has 4 nitrogen and oxygen atoms in total. The van der Waals surface area contributed by atoms with Crippen molar-refractivity contribution in [3.8, 4) is 0 Å². The average Bonchev–Trinajstić information content (AvgIpc) is 2.20. The van der Waals surface area contributed by atoms with Crippen molar-refractivity contribution >= 4 is 28.4 Å². The zero-order valence-corrected chi connectivity index (χ0v) is 13.2. The minimum atomic E-state index is -0.134. The van der Waals surface area contributed by atoms with E-state index in [1.54, 1.807) is 0 Å². The molecule has 1 heterocycles. The molecule has 17 heavy (non-hydrogen) atoms. The molecule has 0 aliphatic carbocycles. The van der Waals surface area contributed by atoms with E-state index in [9.17, 15) is 0 Å². The number of ether oxygens (including phenoxy) is 1. The minimum absolute atomic E-state index is 0.0539. The number of halogens is 1. The third-order valence-corrected chi connectivity index (χ3v) is 3.75. The van der Waals surface area contributed by atoms with Crippen LogP contribution >= 0.6 is 22.6 Å². The Morgan fingerprint density at radius 2 is 1.94 bits per heavy atom. The smallest absolute Gasteiger partial charge is 0.160 e. The Kier molecular flexibility index (Phi) is 4.71. The van der Waals surface area contributed by atoms with Crippen molar-refractivity contribution in [1.82, 2.24) is 9.97 Å². The number of aromatic nitrogens is 2. The Morgan fingerprint density at radius 3 is 2.35 bits per heavy atom. The van der Waals surface area contributed by atoms with Gasteiger partial charge in [0.05, 0.1) is 9.26 Å². The SMILES string of the molecule is CCOC(c1nc(C)c(I)c(N)n1)C(C)(C)C. The molecular formula is C12H20IN3O. The van der Waals surface area contributed by atoms with Crippen LogP contribution in [0.1, 0.15) is 45.3 Å². The van der Waals surface area contributed by atoms with Crippen molar-refractivity contribution < 1.29 is 4.74 Å². The molecule has 0 radical (unpaired) electrons. The predicted molar refractivity (Wildman–Crippen MR) is 77.7 cm³/mol. The quantitative estimate of drug-likeness (QED) is 0.852. The summed E-state index contributed by atoms with van der Waals surface area (Å²) >= 11 is 2.16. The van der Waals surface area contributed by atoms with Gasteiger partial charge in [-0.1, -0.05) is 20.8 Å². The molecule has 1 rings (SSSR count). The van der Waals surface area contributed by atoms with Crippen molar-refractivity contribution in [3.63, 3.8) is 0 Å². The maximum absolute atomic E-state index is 5.88. The van der Waals surface area contributed by atoms with Crippen molar-refractivity contribution in [2.75, 3.05) is 12.3 Å². The van der Waals surface area contributed by atoms with Gasteiger partial charge in [-0.15, -0.1) is 0 Å². The largest absolute Gasteiger partial charge is 0.383 e. The zero-order valence-electron chi connectivity index (χ0n) is 11.0. The van der Waals surface area contributed by atoms with E-state index in [0.29, 0.717) is 18.2 Å². The summed E-state index contributed by atoms with van der Waals surface area (Å²) in [4.78, 5) is 8.85. The van der Waals surface area contributed by atoms with Gasteiger partial charge in [-0.05, 0) is 41.9 Å². The molecule has 0 aliphatic rings. The summed E-state index contributed by atoms with van der Waals surface area (Å²) in [5.74, 6) is 1.21. The highest BCUT2D eigenvalue weighted by atomic mass is 127. The van der Waals surface area contributed by atoms with Crippen LogP contribution in [0.2, 0.25) is 0 Å². The molecule has 0 bridgehead atoms. The van der Waals surface area contributed by atoms with E-state index < -0.39 is 0 Å². The van der Waals surface area contributed by atoms with E-state index in [2.05, 4.69) is 53.3 Å². The molecule has 0 spiro atoms. The van der Waals surface area contributed by atoms with E-state index in [-0.39, 0.29) is 11.5 Å². The summed E-state index contributed by atoms with van der Waals surface area (Å²) in [7, 11) is 0. The Bertz CT molecular complexity index is 378. The van der Waals surface area contributed by atoms with Crippen LogP contribution in [0.3, 0.4) is 0 Å². The van der Waals surface area contributed by atoms with Gasteiger partial charge in [0.2, 0.25) is 0 Å². The van der Waals surface area contributed by atoms with E-state index >= 15 is 0 Å². The fourth-order valence-corrected chi connectivity index (χ4v) is 1.84. The molecular weight excluding hydrogens is 329 g/mol. The van der Waals surface area contributed by atoms with E-state index in [4.69, 9.17) is 10.5 Å². The first kappa shape index (κ1) is 14.6. The summed E-state index contributed by atoms with van der Waals surface area (Å²) in [6.45, 7) is 10.9. The minimum Gasteiger partial charge on any atom is -0.383 e. The van der Waals surface area contributed by atoms with Crippen LogP contribution in [0, 0.1) is 15.9 Å². The molecule has 1 aromatic heterocycles. The molecule has 2 N–H and O–H groups in total. The molecule has 1 unspecified atom stereocenters. The molecule has 1 atom stereocenters. The van der Waals surface area contributed by atoms with Crippen LogP contribution in [0.5, 0.6) is 0 Å². The van der Waals surface area contributed by atoms with Crippen molar-refractivity contribution in [2.45, 2.75) is 40.7 Å². The van der Waals surface area contributed by atoms with Gasteiger partial charge in [-0.2, -0.15) is 0 Å². The topological polar surface area (TPSA) is 61.0 Å². The van der Waals surface area contributed by atoms with Gasteiger partial charge < -0.3 is 10.5 Å². The number of rotatable bonds is 3. The van der Waals surface area contributed by atoms with Crippen molar-refractivity contribution in [3.05, 3.63) is 15.1 Å². The van der Waals surface area contributed by atoms with E-state index in [0.717, 1.165) is 9.26 Å². The monoisotopic (exact) mass is 349 g/mol. The van der Waals surface area contributed by atoms with Crippen LogP contribution in [-0.2, 0) is 4.74 Å². The molecule has 1 aromatic rings. The molecule has 96 valence electrons. The summed E-state index contributed by atoms with van der Waals surface area (Å²) < 4.78 is 6.67. The molecule has 0 saturated heterocycles. The lowest BCUT2D eigenvalue weighted by Gasteiger charge is -2.29. The Hall–Kier alpha value is -0.430. The Balaban J connectivity index is 3.20. The number of nitrogens with two attached hydrogens (primary N) is 1. The summed E-state index contributed by atoms with van der Waals surface area (Å²) in [6, 6.07) is 0. The maximum atomic E-state index is 5.88. The lowest BCUT2D eigenvalue weighted by Crippen LogP contribution is -2.24. The second-order valence-electron chi connectivity index (χ2n) is 5.07. The Morgan fingerprint density at radius 1 is 1.35 bits per heavy atom. The molecule has 0 fully saturated rings. The van der Waals surface area contributed by atoms with Gasteiger partial charge >= 0.3 is 0 Å². The first-order valence-electron chi connectivity index (χ1n) is 5.68. The Labute approximate surface area is 117 Å². The van der Waals surface area contributed by atoms with E-state index in [1.165, 1.54) is 0 Å². The highest BCUT2D eigenvalue weighted by molar-refractivity contribution is 14.1. The number of anilines is 1. The van der Waals surface area contributed by atoms with Crippen LogP contribution in [0.25, 0.3) is 0 Å². The van der Waals surface area contributed by atoms with Gasteiger partial charge in [-0.25, -0.2) is 9.97 Å². The van der Waals surface area contributed by atoms with Crippen molar-refractivity contribution in [2.24, 2.45) is 5.41 Å². The molecule has 0 saturated carbocycles. The predicted octanol–water partition coefficient (Wildman–Crippen LogP) is 3.10. The zero-order chi connectivity index (χ0) is 13.2. The lowest BCUT2D eigenvalue weighted by atomic mass is 9.88. The van der Waals surface area contributed by atoms with Gasteiger partial charge in [0.25, 0.3) is 0 Å². The lowest BCUT2D eigenvalue weighted by molar-refractivity contribution is -0.0191. The fourth-order valence-electron chi connectivity index (χ4n) is 1.60. The highest BCUT2D eigenvalue weighted by Gasteiger charge is 2.30. The molecule has 5 heteroatoms. The van der Waals surface area contributed by atoms with Gasteiger partial charge in [0.15, 0.2) is 5.82 Å². The van der Waals surface area contributed by atoms with Crippen LogP contribution < -0.4 is 5.73 Å². The standard InChI is InChI=1S/C12H20IN3O/c1-6-17-9(12(3,4)5)11-15-7(2)8(13)10(14)16-11/h9H,6H2,1-5H3,(H2,14,15,16). The van der Waals surface area contributed by atoms with Crippen LogP contribution in [0.4, 0.5) is 5.82 Å². The second kappa shape index (κ2) is 5.48. The van der Waals surface area contributed by atoms with Crippen LogP contribution in [-0.4, -0.2) is 16.6 Å². The summed E-state index contributed by atoms with van der Waals surface area (Å²) in [6.07, 6.45) is -0.134. The first-order valence-corrected chi connectivity index (χ1v) is 6.76. The summed E-state index contributed by atoms with van der Waals surface area (Å²) in [5, 5.41) is 0. The molecule has 0 aromatic carbocycles. The normalized spacial score (nSPS) is 13.8. The van der Waals surface area contributed by atoms with Crippen molar-refractivity contribution in [1.29, 1.82) is 0 Å². The number of nitrogen functional groups attached to an aromatic ring is 1. The average molecular weight is 349 g/mol. The number of hydrogen-bond acceptors (Lipinski definition) is 4. The molecule has 0 aliphatic heterocycles. The second-order valence-corrected chi connectivity index (χ2v) is 6.15. The number of aryl methyl sites for hydroxylation is 1. The fraction of sp³-hybridized carbons (Fsp3) is 0.667. The van der Waals surface area contributed by atoms with Gasteiger partial charge in [0.1, 0.15) is 11.9 Å². The van der Waals surface area contributed by atoms with Gasteiger partial charge in [0, 0.05) is 6.61 Å². The number of hydrogen-bond donors (Lipinski definition) is 1. The van der Waals surface area contributed by atoms with Gasteiger partial charge in [-0.3, -0.25) is 0 Å². The highest BCUT2D eigenvalue weighted by Crippen LogP contribution is 2.35. The third-order valence-electron chi connectivity index (χ3n) is 2.41. The third kappa shape index (κ3) is 3.51. The van der Waals surface area contributed by atoms with Crippen LogP contribution in [0.15, 0.2) is 0 Å². The maximum Gasteiger partial charge on any atom is 0.160 e. The number of nitrogens with zero attached hydrogens (tertiary/aromatic N) is 2. The summed E-state index contributed by atoms with van der Waals surface area (Å²) in [5.41, 5.74) is 6.74. The van der Waals surface area contributed by atoms with E-state index in [1.807, 2.05) is 13.8 Å². The first-order chi connectivity index (χ1) is 7.77. The molecule has 0 amide bonds.